The Bertz CT molecular complexity index is 551. The van der Waals surface area contributed by atoms with Gasteiger partial charge in [-0.05, 0) is 13.0 Å². The highest BCUT2D eigenvalue weighted by Crippen LogP contribution is 2.31. The van der Waals surface area contributed by atoms with Crippen LogP contribution in [-0.4, -0.2) is 61.0 Å². The van der Waals surface area contributed by atoms with E-state index in [1.54, 1.807) is 43.0 Å². The van der Waals surface area contributed by atoms with E-state index in [0.717, 1.165) is 0 Å². The molecule has 0 atom stereocenters. The number of amides is 2. The van der Waals surface area contributed by atoms with E-state index in [-0.39, 0.29) is 16.6 Å². The number of carbonyl (C=O) groups excluding carboxylic acids is 1. The lowest BCUT2D eigenvalue weighted by Crippen LogP contribution is -2.51. The van der Waals surface area contributed by atoms with Crippen LogP contribution < -0.4 is 4.90 Å². The van der Waals surface area contributed by atoms with Crippen molar-refractivity contribution in [3.8, 4) is 0 Å². The SMILES string of the molecule is Cc1cccc(N2CCN(C(=O)N(C)C)CC2)c1[N+](=O)[O-]. The number of rotatable bonds is 2. The van der Waals surface area contributed by atoms with Gasteiger partial charge in [0.15, 0.2) is 0 Å². The molecule has 1 aliphatic heterocycles. The lowest BCUT2D eigenvalue weighted by Gasteiger charge is -2.36. The molecule has 0 aromatic heterocycles. The quantitative estimate of drug-likeness (QED) is 0.614. The number of hydrogen-bond donors (Lipinski definition) is 0. The molecular weight excluding hydrogens is 272 g/mol. The predicted octanol–water partition coefficient (Wildman–Crippen LogP) is 1.71. The van der Waals surface area contributed by atoms with Crippen LogP contribution in [0.2, 0.25) is 0 Å². The molecule has 1 aromatic rings. The predicted molar refractivity (Wildman–Crippen MR) is 80.7 cm³/mol. The number of carbonyl (C=O) groups is 1. The van der Waals surface area contributed by atoms with Crippen molar-refractivity contribution in [1.29, 1.82) is 0 Å². The maximum atomic E-state index is 11.9. The maximum Gasteiger partial charge on any atom is 0.319 e. The monoisotopic (exact) mass is 292 g/mol. The van der Waals surface area contributed by atoms with Gasteiger partial charge in [0.25, 0.3) is 5.69 Å². The number of benzene rings is 1. The molecule has 0 saturated carbocycles. The second-order valence-electron chi connectivity index (χ2n) is 5.35. The van der Waals surface area contributed by atoms with Crippen molar-refractivity contribution in [2.24, 2.45) is 0 Å². The van der Waals surface area contributed by atoms with Gasteiger partial charge in [-0.2, -0.15) is 0 Å². The second-order valence-corrected chi connectivity index (χ2v) is 5.35. The molecule has 21 heavy (non-hydrogen) atoms. The molecule has 2 rings (SSSR count). The van der Waals surface area contributed by atoms with Crippen molar-refractivity contribution >= 4 is 17.4 Å². The van der Waals surface area contributed by atoms with Crippen LogP contribution in [0.4, 0.5) is 16.2 Å². The number of aryl methyl sites for hydroxylation is 1. The number of nitro benzene ring substituents is 1. The van der Waals surface area contributed by atoms with Crippen LogP contribution in [0.5, 0.6) is 0 Å². The van der Waals surface area contributed by atoms with Gasteiger partial charge >= 0.3 is 6.03 Å². The van der Waals surface area contributed by atoms with E-state index >= 15 is 0 Å². The van der Waals surface area contributed by atoms with Crippen LogP contribution in [0, 0.1) is 17.0 Å². The Morgan fingerprint density at radius 1 is 1.24 bits per heavy atom. The van der Waals surface area contributed by atoms with Gasteiger partial charge in [-0.1, -0.05) is 12.1 Å². The minimum absolute atomic E-state index is 0.0200. The summed E-state index contributed by atoms with van der Waals surface area (Å²) >= 11 is 0. The van der Waals surface area contributed by atoms with Crippen LogP contribution in [0.1, 0.15) is 5.56 Å². The van der Waals surface area contributed by atoms with E-state index in [2.05, 4.69) is 0 Å². The molecule has 0 unspecified atom stereocenters. The highest BCUT2D eigenvalue weighted by molar-refractivity contribution is 5.74. The second kappa shape index (κ2) is 5.99. The number of anilines is 1. The minimum Gasteiger partial charge on any atom is -0.362 e. The third-order valence-electron chi connectivity index (χ3n) is 3.67. The Kier molecular flexibility index (Phi) is 4.30. The lowest BCUT2D eigenvalue weighted by atomic mass is 10.1. The number of nitro groups is 1. The van der Waals surface area contributed by atoms with E-state index < -0.39 is 0 Å². The summed E-state index contributed by atoms with van der Waals surface area (Å²) in [6, 6.07) is 5.32. The lowest BCUT2D eigenvalue weighted by molar-refractivity contribution is -0.384. The van der Waals surface area contributed by atoms with Gasteiger partial charge in [0.2, 0.25) is 0 Å². The molecular formula is C14H20N4O3. The minimum atomic E-state index is -0.331. The summed E-state index contributed by atoms with van der Waals surface area (Å²) in [7, 11) is 3.44. The van der Waals surface area contributed by atoms with Gasteiger partial charge in [0, 0.05) is 45.8 Å². The number of piperazine rings is 1. The summed E-state index contributed by atoms with van der Waals surface area (Å²) < 4.78 is 0. The van der Waals surface area contributed by atoms with Crippen molar-refractivity contribution < 1.29 is 9.72 Å². The third-order valence-corrected chi connectivity index (χ3v) is 3.67. The number of para-hydroxylation sites is 1. The van der Waals surface area contributed by atoms with E-state index in [0.29, 0.717) is 37.4 Å². The van der Waals surface area contributed by atoms with Crippen LogP contribution in [0.3, 0.4) is 0 Å². The summed E-state index contributed by atoms with van der Waals surface area (Å²) in [4.78, 5) is 28.1. The summed E-state index contributed by atoms with van der Waals surface area (Å²) in [5.41, 5.74) is 1.45. The maximum absolute atomic E-state index is 11.9. The fourth-order valence-corrected chi connectivity index (χ4v) is 2.56. The van der Waals surface area contributed by atoms with Crippen molar-refractivity contribution in [3.63, 3.8) is 0 Å². The van der Waals surface area contributed by atoms with Gasteiger partial charge in [-0.3, -0.25) is 10.1 Å². The van der Waals surface area contributed by atoms with Gasteiger partial charge in [0.1, 0.15) is 5.69 Å². The molecule has 7 heteroatoms. The Morgan fingerprint density at radius 3 is 2.38 bits per heavy atom. The molecule has 0 spiro atoms. The molecule has 7 nitrogen and oxygen atoms in total. The molecule has 0 radical (unpaired) electrons. The van der Waals surface area contributed by atoms with Crippen molar-refractivity contribution in [3.05, 3.63) is 33.9 Å². The zero-order valence-corrected chi connectivity index (χ0v) is 12.6. The van der Waals surface area contributed by atoms with Gasteiger partial charge < -0.3 is 14.7 Å². The van der Waals surface area contributed by atoms with E-state index in [1.165, 1.54) is 0 Å². The normalized spacial score (nSPS) is 15.0. The number of urea groups is 1. The molecule has 0 aliphatic carbocycles. The van der Waals surface area contributed by atoms with Crippen LogP contribution >= 0.6 is 0 Å². The van der Waals surface area contributed by atoms with E-state index in [9.17, 15) is 14.9 Å². The molecule has 0 N–H and O–H groups in total. The molecule has 0 bridgehead atoms. The van der Waals surface area contributed by atoms with Gasteiger partial charge in [0.05, 0.1) is 4.92 Å². The highest BCUT2D eigenvalue weighted by Gasteiger charge is 2.27. The molecule has 1 aliphatic rings. The first kappa shape index (κ1) is 15.1. The first-order chi connectivity index (χ1) is 9.91. The van der Waals surface area contributed by atoms with E-state index in [1.807, 2.05) is 11.0 Å². The number of nitrogens with zero attached hydrogens (tertiary/aromatic N) is 4. The van der Waals surface area contributed by atoms with Crippen LogP contribution in [0.15, 0.2) is 18.2 Å². The summed E-state index contributed by atoms with van der Waals surface area (Å²) in [5.74, 6) is 0. The van der Waals surface area contributed by atoms with Crippen molar-refractivity contribution in [2.45, 2.75) is 6.92 Å². The Balaban J connectivity index is 2.15. The molecule has 1 heterocycles. The van der Waals surface area contributed by atoms with Crippen molar-refractivity contribution in [2.75, 3.05) is 45.2 Å². The topological polar surface area (TPSA) is 69.9 Å². The van der Waals surface area contributed by atoms with Crippen LogP contribution in [-0.2, 0) is 0 Å². The molecule has 2 amide bonds. The largest absolute Gasteiger partial charge is 0.362 e. The Labute approximate surface area is 123 Å². The molecule has 1 saturated heterocycles. The summed E-state index contributed by atoms with van der Waals surface area (Å²) in [6.07, 6.45) is 0. The zero-order valence-electron chi connectivity index (χ0n) is 12.6. The summed E-state index contributed by atoms with van der Waals surface area (Å²) in [5, 5.41) is 11.3. The fourth-order valence-electron chi connectivity index (χ4n) is 2.56. The van der Waals surface area contributed by atoms with Gasteiger partial charge in [-0.25, -0.2) is 4.79 Å². The highest BCUT2D eigenvalue weighted by atomic mass is 16.6. The first-order valence-electron chi connectivity index (χ1n) is 6.87. The van der Waals surface area contributed by atoms with Crippen LogP contribution in [0.25, 0.3) is 0 Å². The first-order valence-corrected chi connectivity index (χ1v) is 6.87. The van der Waals surface area contributed by atoms with Crippen molar-refractivity contribution in [1.82, 2.24) is 9.80 Å². The van der Waals surface area contributed by atoms with E-state index in [4.69, 9.17) is 0 Å². The number of hydrogen-bond acceptors (Lipinski definition) is 4. The molecule has 1 aromatic carbocycles. The smallest absolute Gasteiger partial charge is 0.319 e. The molecule has 114 valence electrons. The van der Waals surface area contributed by atoms with Gasteiger partial charge in [-0.15, -0.1) is 0 Å². The average Bonchev–Trinajstić information content (AvgIpc) is 2.46. The average molecular weight is 292 g/mol. The fraction of sp³-hybridized carbons (Fsp3) is 0.500. The standard InChI is InChI=1S/C14H20N4O3/c1-11-5-4-6-12(13(11)18(20)21)16-7-9-17(10-8-16)14(19)15(2)3/h4-6H,7-10H2,1-3H3. The third kappa shape index (κ3) is 3.07. The Hall–Kier alpha value is -2.31. The summed E-state index contributed by atoms with van der Waals surface area (Å²) in [6.45, 7) is 4.09. The molecule has 1 fully saturated rings. The Morgan fingerprint density at radius 2 is 1.86 bits per heavy atom. The zero-order chi connectivity index (χ0) is 15.6.